The molecule has 3 rings (SSSR count). The number of imidazole rings is 1. The predicted octanol–water partition coefficient (Wildman–Crippen LogP) is 1.98. The fourth-order valence-electron chi connectivity index (χ4n) is 3.54. The van der Waals surface area contributed by atoms with Crippen LogP contribution in [0.4, 0.5) is 8.78 Å². The Morgan fingerprint density at radius 2 is 2.19 bits per heavy atom. The summed E-state index contributed by atoms with van der Waals surface area (Å²) in [5.41, 5.74) is -0.514. The summed E-state index contributed by atoms with van der Waals surface area (Å²) in [4.78, 5) is 23.4. The number of likely N-dealkylation sites (N-methyl/N-ethyl adjacent to an activating group) is 1. The number of aromatic nitrogens is 2. The number of piperidine rings is 1. The molecule has 1 aromatic heterocycles. The topological polar surface area (TPSA) is 72.5 Å². The van der Waals surface area contributed by atoms with E-state index in [0.717, 1.165) is 17.6 Å². The molecule has 0 radical (unpaired) electrons. The van der Waals surface area contributed by atoms with Crippen LogP contribution in [-0.4, -0.2) is 56.5 Å². The van der Waals surface area contributed by atoms with Crippen molar-refractivity contribution in [2.24, 2.45) is 0 Å². The highest BCUT2D eigenvalue weighted by molar-refractivity contribution is 5.86. The van der Waals surface area contributed by atoms with E-state index in [2.05, 4.69) is 9.97 Å². The molecule has 1 aliphatic heterocycles. The van der Waals surface area contributed by atoms with Crippen LogP contribution in [0.25, 0.3) is 0 Å². The summed E-state index contributed by atoms with van der Waals surface area (Å²) in [6.45, 7) is 2.83. The van der Waals surface area contributed by atoms with Crippen LogP contribution in [0, 0.1) is 18.6 Å². The zero-order valence-electron chi connectivity index (χ0n) is 15.5. The number of aliphatic hydroxyl groups is 1. The molecule has 2 aromatic rings. The molecule has 1 saturated heterocycles. The van der Waals surface area contributed by atoms with Gasteiger partial charge in [0.05, 0.1) is 6.54 Å². The number of likely N-dealkylation sites (tertiary alicyclic amines) is 1. The van der Waals surface area contributed by atoms with Gasteiger partial charge in [-0.2, -0.15) is 0 Å². The third-order valence-corrected chi connectivity index (χ3v) is 4.80. The Bertz CT molecular complexity index is 826. The maximum Gasteiger partial charge on any atom is 0.256 e. The highest BCUT2D eigenvalue weighted by Gasteiger charge is 2.43. The summed E-state index contributed by atoms with van der Waals surface area (Å²) in [5.74, 6) is -1.61. The molecule has 1 fully saturated rings. The molecule has 0 bridgehead atoms. The molecule has 1 aromatic carbocycles. The van der Waals surface area contributed by atoms with Crippen molar-refractivity contribution in [2.45, 2.75) is 38.5 Å². The number of nitrogens with one attached hydrogen (secondary N) is 1. The first-order valence-electron chi connectivity index (χ1n) is 8.92. The lowest BCUT2D eigenvalue weighted by Gasteiger charge is -2.40. The van der Waals surface area contributed by atoms with Gasteiger partial charge in [-0.1, -0.05) is 12.1 Å². The molecular weight excluding hydrogens is 354 g/mol. The van der Waals surface area contributed by atoms with E-state index in [1.165, 1.54) is 17.0 Å². The second-order valence-electron chi connectivity index (χ2n) is 7.26. The number of hydrogen-bond acceptors (Lipinski definition) is 4. The van der Waals surface area contributed by atoms with Crippen molar-refractivity contribution in [3.8, 4) is 0 Å². The average molecular weight is 378 g/mol. The summed E-state index contributed by atoms with van der Waals surface area (Å²) >= 11 is 0. The molecule has 0 unspecified atom stereocenters. The molecule has 0 spiro atoms. The van der Waals surface area contributed by atoms with E-state index in [1.807, 2.05) is 11.8 Å². The van der Waals surface area contributed by atoms with Gasteiger partial charge in [0, 0.05) is 37.1 Å². The first-order valence-corrected chi connectivity index (χ1v) is 8.92. The van der Waals surface area contributed by atoms with Crippen LogP contribution >= 0.6 is 0 Å². The van der Waals surface area contributed by atoms with Crippen LogP contribution in [0.2, 0.25) is 0 Å². The molecule has 0 saturated carbocycles. The molecule has 1 amide bonds. The molecule has 2 N–H and O–H groups in total. The van der Waals surface area contributed by atoms with Crippen LogP contribution in [0.5, 0.6) is 0 Å². The third-order valence-electron chi connectivity index (χ3n) is 4.80. The Kier molecular flexibility index (Phi) is 5.57. The maximum atomic E-state index is 13.9. The minimum atomic E-state index is -1.56. The molecule has 146 valence electrons. The summed E-state index contributed by atoms with van der Waals surface area (Å²) < 4.78 is 27.4. The number of carbonyl (C=O) groups excluding carboxylic acids is 1. The summed E-state index contributed by atoms with van der Waals surface area (Å²) in [6, 6.07) is 3.90. The molecule has 8 heteroatoms. The predicted molar refractivity (Wildman–Crippen MR) is 95.6 cm³/mol. The largest absolute Gasteiger partial charge is 0.379 e. The van der Waals surface area contributed by atoms with E-state index in [1.54, 1.807) is 13.2 Å². The number of amides is 1. The van der Waals surface area contributed by atoms with Crippen LogP contribution in [-0.2, 0) is 17.9 Å². The molecular formula is C19H24F2N4O2. The zero-order valence-corrected chi connectivity index (χ0v) is 15.5. The second kappa shape index (κ2) is 7.74. The average Bonchev–Trinajstić information content (AvgIpc) is 3.00. The van der Waals surface area contributed by atoms with E-state index in [4.69, 9.17) is 0 Å². The second-order valence-corrected chi connectivity index (χ2v) is 7.26. The van der Waals surface area contributed by atoms with Gasteiger partial charge >= 0.3 is 0 Å². The van der Waals surface area contributed by atoms with Gasteiger partial charge < -0.3 is 15.0 Å². The Hall–Kier alpha value is -2.32. The van der Waals surface area contributed by atoms with Gasteiger partial charge in [0.2, 0.25) is 0 Å². The van der Waals surface area contributed by atoms with Crippen molar-refractivity contribution in [2.75, 3.05) is 20.1 Å². The number of aryl methyl sites for hydroxylation is 1. The molecule has 27 heavy (non-hydrogen) atoms. The van der Waals surface area contributed by atoms with Gasteiger partial charge in [-0.05, 0) is 32.9 Å². The SMILES string of the molecule is Cc1cnc(CN(C)C[C@]2(O)CCCN(Cc3cccc(F)c3F)C2=O)[nH]1. The quantitative estimate of drug-likeness (QED) is 0.806. The monoisotopic (exact) mass is 378 g/mol. The fraction of sp³-hybridized carbons (Fsp3) is 0.474. The van der Waals surface area contributed by atoms with Crippen LogP contribution in [0.1, 0.15) is 29.9 Å². The Morgan fingerprint density at radius 1 is 1.41 bits per heavy atom. The van der Waals surface area contributed by atoms with Crippen molar-refractivity contribution in [1.29, 1.82) is 0 Å². The number of benzene rings is 1. The molecule has 1 atom stereocenters. The van der Waals surface area contributed by atoms with Gasteiger partial charge in [0.25, 0.3) is 5.91 Å². The molecule has 6 nitrogen and oxygen atoms in total. The maximum absolute atomic E-state index is 13.9. The summed E-state index contributed by atoms with van der Waals surface area (Å²) in [7, 11) is 1.80. The third kappa shape index (κ3) is 4.33. The summed E-state index contributed by atoms with van der Waals surface area (Å²) in [5, 5.41) is 10.9. The number of nitrogens with zero attached hydrogens (tertiary/aromatic N) is 3. The first kappa shape index (κ1) is 19.4. The Morgan fingerprint density at radius 3 is 2.89 bits per heavy atom. The molecule has 2 heterocycles. The number of aromatic amines is 1. The lowest BCUT2D eigenvalue weighted by atomic mass is 9.90. The zero-order chi connectivity index (χ0) is 19.6. The van der Waals surface area contributed by atoms with Crippen molar-refractivity contribution >= 4 is 5.91 Å². The number of rotatable bonds is 6. The molecule has 1 aliphatic rings. The van der Waals surface area contributed by atoms with Crippen molar-refractivity contribution in [3.05, 3.63) is 53.1 Å². The number of H-pyrrole nitrogens is 1. The van der Waals surface area contributed by atoms with E-state index in [9.17, 15) is 18.7 Å². The number of hydrogen-bond donors (Lipinski definition) is 2. The molecule has 0 aliphatic carbocycles. The standard InChI is InChI=1S/C19H24F2N4O2/c1-13-9-22-16(23-13)11-24(2)12-19(27)7-4-8-25(18(19)26)10-14-5-3-6-15(20)17(14)21/h3,5-6,9,27H,4,7-8,10-12H2,1-2H3,(H,22,23)/t19-/m1/s1. The van der Waals surface area contributed by atoms with Gasteiger partial charge in [0.1, 0.15) is 5.82 Å². The van der Waals surface area contributed by atoms with Crippen LogP contribution in [0.3, 0.4) is 0 Å². The van der Waals surface area contributed by atoms with Crippen molar-refractivity contribution < 1.29 is 18.7 Å². The minimum Gasteiger partial charge on any atom is -0.379 e. The minimum absolute atomic E-state index is 0.0637. The first-order chi connectivity index (χ1) is 12.8. The van der Waals surface area contributed by atoms with Crippen molar-refractivity contribution in [1.82, 2.24) is 19.8 Å². The van der Waals surface area contributed by atoms with Gasteiger partial charge in [-0.15, -0.1) is 0 Å². The van der Waals surface area contributed by atoms with Crippen molar-refractivity contribution in [3.63, 3.8) is 0 Å². The lowest BCUT2D eigenvalue weighted by molar-refractivity contribution is -0.160. The van der Waals surface area contributed by atoms with E-state index in [-0.39, 0.29) is 18.7 Å². The van der Waals surface area contributed by atoms with Crippen LogP contribution < -0.4 is 0 Å². The van der Waals surface area contributed by atoms with E-state index >= 15 is 0 Å². The fourth-order valence-corrected chi connectivity index (χ4v) is 3.54. The van der Waals surface area contributed by atoms with Gasteiger partial charge in [0.15, 0.2) is 17.2 Å². The Labute approximate surface area is 156 Å². The Balaban J connectivity index is 1.68. The highest BCUT2D eigenvalue weighted by Crippen LogP contribution is 2.26. The van der Waals surface area contributed by atoms with Gasteiger partial charge in [-0.25, -0.2) is 13.8 Å². The van der Waals surface area contributed by atoms with E-state index < -0.39 is 23.1 Å². The number of carbonyl (C=O) groups is 1. The van der Waals surface area contributed by atoms with Gasteiger partial charge in [-0.3, -0.25) is 9.69 Å². The highest BCUT2D eigenvalue weighted by atomic mass is 19.2. The van der Waals surface area contributed by atoms with Crippen LogP contribution in [0.15, 0.2) is 24.4 Å². The smallest absolute Gasteiger partial charge is 0.256 e. The van der Waals surface area contributed by atoms with E-state index in [0.29, 0.717) is 25.9 Å². The number of halogens is 2. The normalized spacial score (nSPS) is 20.5. The lowest BCUT2D eigenvalue weighted by Crippen LogP contribution is -2.57. The summed E-state index contributed by atoms with van der Waals surface area (Å²) in [6.07, 6.45) is 2.64.